The summed E-state index contributed by atoms with van der Waals surface area (Å²) in [4.78, 5) is 40.3. The normalized spacial score (nSPS) is 39.2. The van der Waals surface area contributed by atoms with E-state index < -0.39 is 48.6 Å². The van der Waals surface area contributed by atoms with Crippen molar-refractivity contribution < 1.29 is 33.0 Å². The van der Waals surface area contributed by atoms with Gasteiger partial charge in [0.05, 0.1) is 31.7 Å². The van der Waals surface area contributed by atoms with Gasteiger partial charge in [-0.15, -0.1) is 0 Å². The quantitative estimate of drug-likeness (QED) is 0.199. The molecular formula is C36H48O7Si. The minimum absolute atomic E-state index is 0.0630. The van der Waals surface area contributed by atoms with Gasteiger partial charge in [-0.2, -0.15) is 0 Å². The summed E-state index contributed by atoms with van der Waals surface area (Å²) in [6.07, 6.45) is 2.86. The second-order valence-electron chi connectivity index (χ2n) is 15.9. The van der Waals surface area contributed by atoms with Gasteiger partial charge in [-0.25, -0.2) is 0 Å². The number of methoxy groups -OCH3 is 1. The number of fused-ring (bicyclic) bond motifs is 4. The summed E-state index contributed by atoms with van der Waals surface area (Å²) >= 11 is 0. The van der Waals surface area contributed by atoms with Crippen LogP contribution < -0.4 is 0 Å². The van der Waals surface area contributed by atoms with Crippen molar-refractivity contribution >= 4 is 26.0 Å². The molecule has 0 N–H and O–H groups in total. The van der Waals surface area contributed by atoms with Crippen LogP contribution in [0, 0.1) is 28.1 Å². The lowest BCUT2D eigenvalue weighted by atomic mass is 9.42. The summed E-state index contributed by atoms with van der Waals surface area (Å²) in [5.74, 6) is -1.47. The van der Waals surface area contributed by atoms with E-state index in [1.807, 2.05) is 13.8 Å². The number of carbonyl (C=O) groups is 3. The van der Waals surface area contributed by atoms with Crippen molar-refractivity contribution in [2.24, 2.45) is 28.1 Å². The van der Waals surface area contributed by atoms with Gasteiger partial charge >= 0.3 is 11.9 Å². The lowest BCUT2D eigenvalue weighted by Crippen LogP contribution is -2.66. The third kappa shape index (κ3) is 4.16. The first kappa shape index (κ1) is 31.4. The molecule has 1 saturated carbocycles. The Balaban J connectivity index is 1.37. The second-order valence-corrected chi connectivity index (χ2v) is 20.8. The van der Waals surface area contributed by atoms with Gasteiger partial charge in [-0.05, 0) is 67.1 Å². The highest BCUT2D eigenvalue weighted by Gasteiger charge is 2.77. The fraction of sp³-hybridized carbons (Fsp3) is 0.639. The third-order valence-corrected chi connectivity index (χ3v) is 17.2. The molecule has 9 atom stereocenters. The Bertz CT molecular complexity index is 1470. The van der Waals surface area contributed by atoms with E-state index in [9.17, 15) is 14.4 Å². The number of carbonyl (C=O) groups excluding carboxylic acids is 3. The molecule has 44 heavy (non-hydrogen) atoms. The molecular weight excluding hydrogens is 572 g/mol. The molecule has 0 radical (unpaired) electrons. The largest absolute Gasteiger partial charge is 0.469 e. The van der Waals surface area contributed by atoms with Crippen LogP contribution in [0.1, 0.15) is 78.4 Å². The zero-order valence-electron chi connectivity index (χ0n) is 27.9. The minimum atomic E-state index is -1.85. The monoisotopic (exact) mass is 620 g/mol. The summed E-state index contributed by atoms with van der Waals surface area (Å²) in [7, 11) is -0.470. The minimum Gasteiger partial charge on any atom is -0.469 e. The maximum absolute atomic E-state index is 13.9. The van der Waals surface area contributed by atoms with Crippen molar-refractivity contribution in [3.05, 3.63) is 58.7 Å². The number of hydrogen-bond acceptors (Lipinski definition) is 7. The number of esters is 2. The Labute approximate surface area is 262 Å². The molecule has 238 valence electrons. The van der Waals surface area contributed by atoms with Crippen molar-refractivity contribution in [3.63, 3.8) is 0 Å². The fourth-order valence-electron chi connectivity index (χ4n) is 9.26. The highest BCUT2D eigenvalue weighted by atomic mass is 28.4. The van der Waals surface area contributed by atoms with E-state index in [0.717, 1.165) is 17.6 Å². The zero-order chi connectivity index (χ0) is 32.2. The standard InChI is InChI=1S/C36H48O7Si/c1-20-23(22-13-11-21(12-14-22)19-41-44(9,10)33(2,3)4)17-24-28(20)36(7)25(18-27(38)40-8)35(6)26(37)15-16-34(5)30(35)29(31(36)42-24)43-32(34)39/h11-16,23-25,29-31H,17-19H2,1-10H3/t23-,24+,25+,29+,30-,31+,34+,35-,36+/m0/s1. The molecule has 2 heterocycles. The number of benzene rings is 1. The molecule has 0 bridgehead atoms. The highest BCUT2D eigenvalue weighted by Crippen LogP contribution is 2.72. The van der Waals surface area contributed by atoms with E-state index in [1.165, 1.54) is 24.3 Å². The molecule has 7 nitrogen and oxygen atoms in total. The maximum atomic E-state index is 13.9. The smallest absolute Gasteiger partial charge is 0.316 e. The van der Waals surface area contributed by atoms with E-state index in [0.29, 0.717) is 6.61 Å². The summed E-state index contributed by atoms with van der Waals surface area (Å²) < 4.78 is 24.7. The first-order valence-corrected chi connectivity index (χ1v) is 18.9. The molecule has 8 heteroatoms. The van der Waals surface area contributed by atoms with Crippen LogP contribution in [0.15, 0.2) is 47.6 Å². The van der Waals surface area contributed by atoms with Crippen LogP contribution in [0.25, 0.3) is 0 Å². The van der Waals surface area contributed by atoms with Gasteiger partial charge in [0.15, 0.2) is 14.1 Å². The molecule has 1 aromatic rings. The van der Waals surface area contributed by atoms with Gasteiger partial charge in [-0.3, -0.25) is 14.4 Å². The topological polar surface area (TPSA) is 88.1 Å². The predicted octanol–water partition coefficient (Wildman–Crippen LogP) is 6.67. The maximum Gasteiger partial charge on any atom is 0.316 e. The van der Waals surface area contributed by atoms with Crippen LogP contribution in [0.5, 0.6) is 0 Å². The number of rotatable bonds is 6. The molecule has 2 saturated heterocycles. The van der Waals surface area contributed by atoms with Crippen molar-refractivity contribution in [2.75, 3.05) is 7.11 Å². The second kappa shape index (κ2) is 9.97. The van der Waals surface area contributed by atoms with E-state index in [-0.39, 0.29) is 41.2 Å². The molecule has 1 aromatic carbocycles. The molecule has 6 rings (SSSR count). The highest BCUT2D eigenvalue weighted by molar-refractivity contribution is 6.74. The first-order chi connectivity index (χ1) is 20.4. The third-order valence-electron chi connectivity index (χ3n) is 12.7. The molecule has 2 aliphatic heterocycles. The molecule has 0 unspecified atom stereocenters. The van der Waals surface area contributed by atoms with Gasteiger partial charge in [0.1, 0.15) is 12.2 Å². The van der Waals surface area contributed by atoms with Crippen LogP contribution in [0.3, 0.4) is 0 Å². The summed E-state index contributed by atoms with van der Waals surface area (Å²) in [6.45, 7) is 20.0. The van der Waals surface area contributed by atoms with Crippen molar-refractivity contribution in [1.82, 2.24) is 0 Å². The van der Waals surface area contributed by atoms with Gasteiger partial charge in [-0.1, -0.05) is 70.5 Å². The Kier molecular flexibility index (Phi) is 7.12. The van der Waals surface area contributed by atoms with Crippen LogP contribution in [-0.4, -0.2) is 51.5 Å². The van der Waals surface area contributed by atoms with Gasteiger partial charge in [0.2, 0.25) is 0 Å². The van der Waals surface area contributed by atoms with Crippen LogP contribution >= 0.6 is 0 Å². The van der Waals surface area contributed by atoms with E-state index in [4.69, 9.17) is 18.6 Å². The van der Waals surface area contributed by atoms with Crippen molar-refractivity contribution in [3.8, 4) is 0 Å². The van der Waals surface area contributed by atoms with Crippen LogP contribution in [-0.2, 0) is 39.6 Å². The number of hydrogen-bond donors (Lipinski definition) is 0. The molecule has 0 amide bonds. The van der Waals surface area contributed by atoms with E-state index in [1.54, 1.807) is 6.08 Å². The fourth-order valence-corrected chi connectivity index (χ4v) is 10.2. The molecule has 0 aromatic heterocycles. The average molecular weight is 621 g/mol. The molecule has 0 spiro atoms. The number of ketones is 1. The van der Waals surface area contributed by atoms with Crippen molar-refractivity contribution in [1.29, 1.82) is 0 Å². The Morgan fingerprint density at radius 2 is 1.73 bits per heavy atom. The lowest BCUT2D eigenvalue weighted by molar-refractivity contribution is -0.190. The zero-order valence-corrected chi connectivity index (χ0v) is 28.9. The first-order valence-electron chi connectivity index (χ1n) is 16.0. The molecule has 3 aliphatic carbocycles. The summed E-state index contributed by atoms with van der Waals surface area (Å²) in [6, 6.07) is 8.73. The van der Waals surface area contributed by atoms with Crippen LogP contribution in [0.4, 0.5) is 0 Å². The Morgan fingerprint density at radius 3 is 2.34 bits per heavy atom. The Hall–Kier alpha value is -2.55. The number of ether oxygens (including phenoxy) is 3. The van der Waals surface area contributed by atoms with Gasteiger partial charge in [0.25, 0.3) is 0 Å². The molecule has 3 fully saturated rings. The SMILES string of the molecule is COC(=O)C[C@H]1[C@]2(C)C3=C(C)[C@@H](c4ccc(CO[Si](C)(C)C(C)(C)C)cc4)C[C@H]3O[C@@H]2[C@@H]2OC(=O)[C@]3(C)C=CC(=O)[C@@]1(C)[C@@H]23. The lowest BCUT2D eigenvalue weighted by Gasteiger charge is -2.59. The van der Waals surface area contributed by atoms with Gasteiger partial charge in [0, 0.05) is 22.7 Å². The molecule has 5 aliphatic rings. The van der Waals surface area contributed by atoms with Crippen molar-refractivity contribution in [2.45, 2.75) is 110 Å². The summed E-state index contributed by atoms with van der Waals surface area (Å²) in [5.41, 5.74) is 2.08. The van der Waals surface area contributed by atoms with Gasteiger partial charge < -0.3 is 18.6 Å². The number of allylic oxidation sites excluding steroid dienone is 2. The average Bonchev–Trinajstić information content (AvgIpc) is 3.55. The van der Waals surface area contributed by atoms with Crippen LogP contribution in [0.2, 0.25) is 18.1 Å². The van der Waals surface area contributed by atoms with E-state index >= 15 is 0 Å². The van der Waals surface area contributed by atoms with E-state index in [2.05, 4.69) is 72.0 Å². The Morgan fingerprint density at radius 1 is 1.07 bits per heavy atom. The predicted molar refractivity (Wildman–Crippen MR) is 169 cm³/mol. The summed E-state index contributed by atoms with van der Waals surface area (Å²) in [5, 5.41) is 0.155.